The molecule has 5 heteroatoms. The zero-order chi connectivity index (χ0) is 14.3. The van der Waals surface area contributed by atoms with Gasteiger partial charge in [-0.3, -0.25) is 4.79 Å². The van der Waals surface area contributed by atoms with Crippen LogP contribution in [0.3, 0.4) is 0 Å². The summed E-state index contributed by atoms with van der Waals surface area (Å²) in [7, 11) is 6.19. The first-order valence-electron chi connectivity index (χ1n) is 7.25. The maximum absolute atomic E-state index is 11.7. The maximum atomic E-state index is 11.7. The topological polar surface area (TPSA) is 36.0 Å². The van der Waals surface area contributed by atoms with E-state index in [-0.39, 0.29) is 12.5 Å². The molecule has 0 radical (unpaired) electrons. The second-order valence-electron chi connectivity index (χ2n) is 5.47. The highest BCUT2D eigenvalue weighted by Gasteiger charge is 2.20. The van der Waals surface area contributed by atoms with Gasteiger partial charge in [-0.25, -0.2) is 0 Å². The number of likely N-dealkylation sites (N-methyl/N-ethyl adjacent to an activating group) is 2. The number of piperidine rings is 1. The van der Waals surface area contributed by atoms with Crippen LogP contribution in [0.1, 0.15) is 19.8 Å². The molecular weight excluding hydrogens is 242 g/mol. The molecule has 1 saturated heterocycles. The second-order valence-corrected chi connectivity index (χ2v) is 5.47. The number of ether oxygens (including phenoxy) is 1. The molecule has 0 aromatic heterocycles. The summed E-state index contributed by atoms with van der Waals surface area (Å²) in [6.45, 7) is 6.75. The molecule has 0 atom stereocenters. The molecule has 1 fully saturated rings. The summed E-state index contributed by atoms with van der Waals surface area (Å²) >= 11 is 0. The van der Waals surface area contributed by atoms with Crippen molar-refractivity contribution in [2.75, 3.05) is 60.5 Å². The highest BCUT2D eigenvalue weighted by Crippen LogP contribution is 2.13. The number of hydrogen-bond acceptors (Lipinski definition) is 4. The zero-order valence-electron chi connectivity index (χ0n) is 12.9. The lowest BCUT2D eigenvalue weighted by molar-refractivity contribution is -0.134. The number of likely N-dealkylation sites (tertiary alicyclic amines) is 1. The average molecular weight is 271 g/mol. The number of carbonyl (C=O) groups is 1. The van der Waals surface area contributed by atoms with E-state index in [1.54, 1.807) is 4.90 Å². The Bertz CT molecular complexity index is 265. The average Bonchev–Trinajstić information content (AvgIpc) is 2.42. The molecule has 19 heavy (non-hydrogen) atoms. The molecule has 0 bridgehead atoms. The summed E-state index contributed by atoms with van der Waals surface area (Å²) in [6, 6.07) is 0.659. The van der Waals surface area contributed by atoms with Gasteiger partial charge in [-0.05, 0) is 47.0 Å². The standard InChI is InChI=1S/C14H29N3O2/c1-5-19-12-14(18)17(4)11-10-16(3)13-6-8-15(2)9-7-13/h13H,5-12H2,1-4H3. The lowest BCUT2D eigenvalue weighted by atomic mass is 10.0. The van der Waals surface area contributed by atoms with Gasteiger partial charge >= 0.3 is 0 Å². The Morgan fingerprint density at radius 3 is 2.47 bits per heavy atom. The van der Waals surface area contributed by atoms with Crippen LogP contribution in [-0.4, -0.2) is 87.2 Å². The van der Waals surface area contributed by atoms with Crippen LogP contribution in [0.25, 0.3) is 0 Å². The Morgan fingerprint density at radius 1 is 1.26 bits per heavy atom. The molecule has 1 aliphatic heterocycles. The molecular formula is C14H29N3O2. The molecule has 0 aromatic rings. The molecule has 0 saturated carbocycles. The third kappa shape index (κ3) is 5.89. The Kier molecular flexibility index (Phi) is 7.34. The molecule has 0 aromatic carbocycles. The van der Waals surface area contributed by atoms with Gasteiger partial charge in [-0.15, -0.1) is 0 Å². The predicted molar refractivity (Wildman–Crippen MR) is 77.3 cm³/mol. The lowest BCUT2D eigenvalue weighted by Crippen LogP contribution is -2.45. The smallest absolute Gasteiger partial charge is 0.248 e. The third-order valence-corrected chi connectivity index (χ3v) is 3.95. The Labute approximate surface area is 117 Å². The van der Waals surface area contributed by atoms with Crippen molar-refractivity contribution in [3.8, 4) is 0 Å². The SMILES string of the molecule is CCOCC(=O)N(C)CCN(C)C1CCN(C)CC1. The Morgan fingerprint density at radius 2 is 1.89 bits per heavy atom. The van der Waals surface area contributed by atoms with Crippen LogP contribution in [0.2, 0.25) is 0 Å². The summed E-state index contributed by atoms with van der Waals surface area (Å²) in [5.74, 6) is 0.0682. The number of nitrogens with zero attached hydrogens (tertiary/aromatic N) is 3. The monoisotopic (exact) mass is 271 g/mol. The van der Waals surface area contributed by atoms with Gasteiger partial charge in [0.1, 0.15) is 6.61 Å². The highest BCUT2D eigenvalue weighted by molar-refractivity contribution is 5.77. The van der Waals surface area contributed by atoms with Crippen molar-refractivity contribution in [3.63, 3.8) is 0 Å². The van der Waals surface area contributed by atoms with Crippen molar-refractivity contribution in [2.24, 2.45) is 0 Å². The van der Waals surface area contributed by atoms with Crippen LogP contribution < -0.4 is 0 Å². The molecule has 112 valence electrons. The van der Waals surface area contributed by atoms with E-state index < -0.39 is 0 Å². The quantitative estimate of drug-likeness (QED) is 0.676. The summed E-state index contributed by atoms with van der Waals surface area (Å²) < 4.78 is 5.14. The number of rotatable bonds is 7. The number of carbonyl (C=O) groups excluding carboxylic acids is 1. The van der Waals surface area contributed by atoms with E-state index in [0.29, 0.717) is 12.6 Å². The minimum atomic E-state index is 0.0682. The van der Waals surface area contributed by atoms with E-state index in [1.165, 1.54) is 25.9 Å². The van der Waals surface area contributed by atoms with Gasteiger partial charge in [0.25, 0.3) is 0 Å². The van der Waals surface area contributed by atoms with Crippen molar-refractivity contribution in [3.05, 3.63) is 0 Å². The van der Waals surface area contributed by atoms with E-state index in [4.69, 9.17) is 4.74 Å². The van der Waals surface area contributed by atoms with Crippen LogP contribution in [0, 0.1) is 0 Å². The normalized spacial score (nSPS) is 17.9. The Balaban J connectivity index is 2.21. The van der Waals surface area contributed by atoms with Gasteiger partial charge in [0, 0.05) is 32.8 Å². The number of amides is 1. The summed E-state index contributed by atoms with van der Waals surface area (Å²) in [6.07, 6.45) is 2.45. The van der Waals surface area contributed by atoms with E-state index >= 15 is 0 Å². The maximum Gasteiger partial charge on any atom is 0.248 e. The van der Waals surface area contributed by atoms with Crippen LogP contribution in [0.4, 0.5) is 0 Å². The predicted octanol–water partition coefficient (Wildman–Crippen LogP) is 0.507. The van der Waals surface area contributed by atoms with Crippen molar-refractivity contribution < 1.29 is 9.53 Å². The number of hydrogen-bond donors (Lipinski definition) is 0. The molecule has 1 amide bonds. The first-order chi connectivity index (χ1) is 9.04. The molecule has 5 nitrogen and oxygen atoms in total. The van der Waals surface area contributed by atoms with Crippen LogP contribution in [-0.2, 0) is 9.53 Å². The van der Waals surface area contributed by atoms with Gasteiger partial charge in [-0.2, -0.15) is 0 Å². The molecule has 1 rings (SSSR count). The second kappa shape index (κ2) is 8.51. The van der Waals surface area contributed by atoms with Gasteiger partial charge < -0.3 is 19.4 Å². The largest absolute Gasteiger partial charge is 0.372 e. The van der Waals surface area contributed by atoms with Gasteiger partial charge in [0.15, 0.2) is 0 Å². The van der Waals surface area contributed by atoms with Crippen molar-refractivity contribution in [1.29, 1.82) is 0 Å². The molecule has 0 spiro atoms. The minimum absolute atomic E-state index is 0.0682. The first-order valence-corrected chi connectivity index (χ1v) is 7.25. The summed E-state index contributed by atoms with van der Waals surface area (Å²) in [5.41, 5.74) is 0. The van der Waals surface area contributed by atoms with Crippen LogP contribution in [0.5, 0.6) is 0 Å². The highest BCUT2D eigenvalue weighted by atomic mass is 16.5. The first kappa shape index (κ1) is 16.4. The van der Waals surface area contributed by atoms with Gasteiger partial charge in [0.2, 0.25) is 5.91 Å². The molecule has 0 unspecified atom stereocenters. The van der Waals surface area contributed by atoms with Crippen LogP contribution >= 0.6 is 0 Å². The van der Waals surface area contributed by atoms with Crippen molar-refractivity contribution in [1.82, 2.24) is 14.7 Å². The Hall–Kier alpha value is -0.650. The van der Waals surface area contributed by atoms with Gasteiger partial charge in [-0.1, -0.05) is 0 Å². The van der Waals surface area contributed by atoms with Gasteiger partial charge in [0.05, 0.1) is 0 Å². The minimum Gasteiger partial charge on any atom is -0.372 e. The molecule has 0 aliphatic carbocycles. The molecule has 1 aliphatic rings. The molecule has 1 heterocycles. The fourth-order valence-corrected chi connectivity index (χ4v) is 2.35. The fourth-order valence-electron chi connectivity index (χ4n) is 2.35. The zero-order valence-corrected chi connectivity index (χ0v) is 12.9. The fraction of sp³-hybridized carbons (Fsp3) is 0.929. The summed E-state index contributed by atoms with van der Waals surface area (Å²) in [5, 5.41) is 0. The van der Waals surface area contributed by atoms with E-state index in [2.05, 4.69) is 23.9 Å². The summed E-state index contributed by atoms with van der Waals surface area (Å²) in [4.78, 5) is 18.2. The lowest BCUT2D eigenvalue weighted by Gasteiger charge is -2.35. The van der Waals surface area contributed by atoms with Crippen LogP contribution in [0.15, 0.2) is 0 Å². The molecule has 0 N–H and O–H groups in total. The third-order valence-electron chi connectivity index (χ3n) is 3.95. The van der Waals surface area contributed by atoms with E-state index in [9.17, 15) is 4.79 Å². The van der Waals surface area contributed by atoms with Crippen molar-refractivity contribution in [2.45, 2.75) is 25.8 Å². The van der Waals surface area contributed by atoms with E-state index in [0.717, 1.165) is 13.1 Å². The van der Waals surface area contributed by atoms with E-state index in [1.807, 2.05) is 14.0 Å². The van der Waals surface area contributed by atoms with Crippen molar-refractivity contribution >= 4 is 5.91 Å².